The summed E-state index contributed by atoms with van der Waals surface area (Å²) in [5, 5.41) is 9.62. The first kappa shape index (κ1) is 29.0. The minimum Gasteiger partial charge on any atom is -0.462 e. The van der Waals surface area contributed by atoms with Crippen molar-refractivity contribution in [1.29, 1.82) is 0 Å². The van der Waals surface area contributed by atoms with Gasteiger partial charge in [0, 0.05) is 18.1 Å². The van der Waals surface area contributed by atoms with Gasteiger partial charge >= 0.3 is 5.97 Å². The van der Waals surface area contributed by atoms with E-state index in [1.165, 1.54) is 89.0 Å². The van der Waals surface area contributed by atoms with Crippen LogP contribution in [-0.2, 0) is 16.0 Å². The molecule has 36 heavy (non-hydrogen) atoms. The van der Waals surface area contributed by atoms with E-state index in [2.05, 4.69) is 37.8 Å². The molecule has 2 aliphatic carbocycles. The number of hydrogen-bond donors (Lipinski definition) is 1. The van der Waals surface area contributed by atoms with Crippen LogP contribution in [0.4, 0.5) is 0 Å². The molecule has 1 N–H and O–H groups in total. The maximum Gasteiger partial charge on any atom is 0.333 e. The average molecular weight is 497 g/mol. The van der Waals surface area contributed by atoms with Crippen LogP contribution in [0.3, 0.4) is 0 Å². The summed E-state index contributed by atoms with van der Waals surface area (Å²) in [7, 11) is 0. The number of unbranched alkanes of at least 4 members (excludes halogenated alkanes) is 2. The average Bonchev–Trinajstić information content (AvgIpc) is 2.91. The fraction of sp³-hybridized carbons (Fsp3) is 0.727. The van der Waals surface area contributed by atoms with E-state index in [4.69, 9.17) is 4.74 Å². The van der Waals surface area contributed by atoms with Crippen LogP contribution in [0.2, 0.25) is 0 Å². The van der Waals surface area contributed by atoms with Gasteiger partial charge in [-0.15, -0.1) is 0 Å². The highest BCUT2D eigenvalue weighted by Crippen LogP contribution is 2.44. The molecule has 3 heteroatoms. The van der Waals surface area contributed by atoms with E-state index < -0.39 is 0 Å². The fourth-order valence-electron chi connectivity index (χ4n) is 6.65. The lowest BCUT2D eigenvalue weighted by molar-refractivity contribution is -0.140. The second kappa shape index (κ2) is 15.6. The molecule has 1 aromatic rings. The fourth-order valence-corrected chi connectivity index (χ4v) is 6.65. The normalized spacial score (nSPS) is 25.3. The summed E-state index contributed by atoms with van der Waals surface area (Å²) < 4.78 is 5.24. The van der Waals surface area contributed by atoms with Crippen molar-refractivity contribution in [3.05, 3.63) is 47.5 Å². The number of rotatable bonds is 14. The van der Waals surface area contributed by atoms with E-state index in [0.717, 1.165) is 36.5 Å². The van der Waals surface area contributed by atoms with Gasteiger partial charge in [-0.1, -0.05) is 76.3 Å². The van der Waals surface area contributed by atoms with Crippen LogP contribution in [-0.4, -0.2) is 24.3 Å². The van der Waals surface area contributed by atoms with Crippen LogP contribution < -0.4 is 0 Å². The molecule has 1 aromatic carbocycles. The Balaban J connectivity index is 1.30. The molecule has 2 saturated carbocycles. The maximum atomic E-state index is 11.6. The highest BCUT2D eigenvalue weighted by Gasteiger charge is 2.31. The largest absolute Gasteiger partial charge is 0.462 e. The van der Waals surface area contributed by atoms with E-state index in [1.54, 1.807) is 12.5 Å². The van der Waals surface area contributed by atoms with E-state index in [1.807, 2.05) is 0 Å². The summed E-state index contributed by atoms with van der Waals surface area (Å²) in [6, 6.07) is 9.61. The van der Waals surface area contributed by atoms with Gasteiger partial charge < -0.3 is 9.84 Å². The predicted octanol–water partition coefficient (Wildman–Crippen LogP) is 8.40. The Bertz CT molecular complexity index is 767. The smallest absolute Gasteiger partial charge is 0.333 e. The molecule has 0 aliphatic heterocycles. The Kier molecular flexibility index (Phi) is 12.5. The van der Waals surface area contributed by atoms with E-state index in [9.17, 15) is 9.90 Å². The van der Waals surface area contributed by atoms with Gasteiger partial charge in [0.15, 0.2) is 0 Å². The van der Waals surface area contributed by atoms with Crippen molar-refractivity contribution in [3.63, 3.8) is 0 Å². The molecule has 202 valence electrons. The lowest BCUT2D eigenvalue weighted by atomic mass is 9.68. The SMILES string of the molecule is C=C(C)C(=O)OCC(CO)CCCC1CCC(C2CCC(c3ccc(CCCCC)cc3)CC2)CC1. The van der Waals surface area contributed by atoms with Crippen LogP contribution >= 0.6 is 0 Å². The van der Waals surface area contributed by atoms with E-state index in [0.29, 0.717) is 12.2 Å². The number of aliphatic hydroxyl groups is 1. The topological polar surface area (TPSA) is 46.5 Å². The molecule has 2 fully saturated rings. The van der Waals surface area contributed by atoms with Gasteiger partial charge in [0.2, 0.25) is 0 Å². The molecule has 0 aromatic heterocycles. The van der Waals surface area contributed by atoms with Gasteiger partial charge in [0.1, 0.15) is 0 Å². The Morgan fingerprint density at radius 1 is 0.972 bits per heavy atom. The zero-order valence-electron chi connectivity index (χ0n) is 23.2. The van der Waals surface area contributed by atoms with Crippen molar-refractivity contribution in [2.75, 3.05) is 13.2 Å². The summed E-state index contributed by atoms with van der Waals surface area (Å²) in [5.74, 6) is 3.20. The summed E-state index contributed by atoms with van der Waals surface area (Å²) in [6.07, 6.45) is 19.6. The lowest BCUT2D eigenvalue weighted by Crippen LogP contribution is -2.25. The van der Waals surface area contributed by atoms with Gasteiger partial charge in [-0.05, 0) is 99.5 Å². The number of aryl methyl sites for hydroxylation is 1. The Labute approximate surface area is 221 Å². The molecule has 0 spiro atoms. The molecule has 3 nitrogen and oxygen atoms in total. The first-order valence-electron chi connectivity index (χ1n) is 15.0. The zero-order chi connectivity index (χ0) is 25.8. The highest BCUT2D eigenvalue weighted by molar-refractivity contribution is 5.86. The number of ether oxygens (including phenoxy) is 1. The third-order valence-corrected chi connectivity index (χ3v) is 9.13. The second-order valence-electron chi connectivity index (χ2n) is 11.9. The molecule has 0 bridgehead atoms. The molecular weight excluding hydrogens is 444 g/mol. The minimum absolute atomic E-state index is 0.0529. The van der Waals surface area contributed by atoms with Gasteiger partial charge in [-0.2, -0.15) is 0 Å². The van der Waals surface area contributed by atoms with Crippen LogP contribution in [0.15, 0.2) is 36.4 Å². The van der Waals surface area contributed by atoms with Crippen molar-refractivity contribution < 1.29 is 14.6 Å². The molecular formula is C33H52O3. The Hall–Kier alpha value is -1.61. The van der Waals surface area contributed by atoms with Crippen molar-refractivity contribution in [2.24, 2.45) is 23.7 Å². The summed E-state index contributed by atoms with van der Waals surface area (Å²) in [6.45, 7) is 7.94. The van der Waals surface area contributed by atoms with Crippen LogP contribution in [0.25, 0.3) is 0 Å². The molecule has 1 unspecified atom stereocenters. The van der Waals surface area contributed by atoms with Crippen LogP contribution in [0.5, 0.6) is 0 Å². The van der Waals surface area contributed by atoms with Crippen LogP contribution in [0, 0.1) is 23.7 Å². The summed E-state index contributed by atoms with van der Waals surface area (Å²) in [5.41, 5.74) is 3.51. The Morgan fingerprint density at radius 2 is 1.61 bits per heavy atom. The number of benzene rings is 1. The molecule has 0 amide bonds. The standard InChI is InChI=1S/C33H52O3/c1-4-5-6-8-26-11-15-29(16-12-26)31-19-21-32(22-20-31)30-17-13-27(14-18-30)9-7-10-28(23-34)24-36-33(35)25(2)3/h11-12,15-16,27-28,30-32,34H,2,4-10,13-14,17-24H2,1,3H3. The van der Waals surface area contributed by atoms with Gasteiger partial charge in [-0.3, -0.25) is 0 Å². The van der Waals surface area contributed by atoms with Gasteiger partial charge in [0.25, 0.3) is 0 Å². The van der Waals surface area contributed by atoms with E-state index >= 15 is 0 Å². The molecule has 2 aliphatic rings. The molecule has 1 atom stereocenters. The maximum absolute atomic E-state index is 11.6. The summed E-state index contributed by atoms with van der Waals surface area (Å²) in [4.78, 5) is 11.6. The first-order chi connectivity index (χ1) is 17.5. The third-order valence-electron chi connectivity index (χ3n) is 9.13. The van der Waals surface area contributed by atoms with Crippen molar-refractivity contribution in [3.8, 4) is 0 Å². The first-order valence-corrected chi connectivity index (χ1v) is 15.0. The molecule has 0 heterocycles. The Morgan fingerprint density at radius 3 is 2.19 bits per heavy atom. The summed E-state index contributed by atoms with van der Waals surface area (Å²) >= 11 is 0. The van der Waals surface area contributed by atoms with Crippen molar-refractivity contribution >= 4 is 5.97 Å². The van der Waals surface area contributed by atoms with Crippen molar-refractivity contribution in [2.45, 2.75) is 116 Å². The van der Waals surface area contributed by atoms with Gasteiger partial charge in [0.05, 0.1) is 6.61 Å². The van der Waals surface area contributed by atoms with Gasteiger partial charge in [-0.25, -0.2) is 4.79 Å². The minimum atomic E-state index is -0.350. The van der Waals surface area contributed by atoms with Crippen molar-refractivity contribution in [1.82, 2.24) is 0 Å². The number of carbonyl (C=O) groups is 1. The highest BCUT2D eigenvalue weighted by atomic mass is 16.5. The predicted molar refractivity (Wildman–Crippen MR) is 150 cm³/mol. The zero-order valence-corrected chi connectivity index (χ0v) is 23.2. The lowest BCUT2D eigenvalue weighted by Gasteiger charge is -2.38. The molecule has 3 rings (SSSR count). The molecule has 0 saturated heterocycles. The monoisotopic (exact) mass is 496 g/mol. The molecule has 0 radical (unpaired) electrons. The quantitative estimate of drug-likeness (QED) is 0.160. The van der Waals surface area contributed by atoms with Crippen LogP contribution in [0.1, 0.15) is 121 Å². The number of carbonyl (C=O) groups excluding carboxylic acids is 1. The number of esters is 1. The third kappa shape index (κ3) is 9.36. The van der Waals surface area contributed by atoms with E-state index in [-0.39, 0.29) is 18.5 Å². The number of aliphatic hydroxyl groups excluding tert-OH is 1. The number of hydrogen-bond acceptors (Lipinski definition) is 3. The second-order valence-corrected chi connectivity index (χ2v) is 11.9.